The number of hydrogen-bond donors (Lipinski definition) is 1. The zero-order valence-corrected chi connectivity index (χ0v) is 11.8. The standard InChI is InChI=1S/C8H3Br2NO2S2/c9-4-2-1-3(14-4)6-5(7(12)13)11-8(10)15-6/h1-2H,(H,12,13). The maximum absolute atomic E-state index is 10.9. The molecule has 7 heteroatoms. The van der Waals surface area contributed by atoms with Crippen molar-refractivity contribution >= 4 is 60.5 Å². The van der Waals surface area contributed by atoms with E-state index < -0.39 is 5.97 Å². The molecule has 2 aromatic rings. The summed E-state index contributed by atoms with van der Waals surface area (Å²) in [6, 6.07) is 3.76. The summed E-state index contributed by atoms with van der Waals surface area (Å²) in [6.45, 7) is 0. The Hall–Kier alpha value is -0.240. The number of aromatic nitrogens is 1. The summed E-state index contributed by atoms with van der Waals surface area (Å²) >= 11 is 9.35. The number of halogens is 2. The minimum Gasteiger partial charge on any atom is -0.476 e. The van der Waals surface area contributed by atoms with E-state index in [4.69, 9.17) is 5.11 Å². The second-order valence-corrected chi connectivity index (χ2v) is 7.29. The number of nitrogens with zero attached hydrogens (tertiary/aromatic N) is 1. The molecule has 2 rings (SSSR count). The number of hydrogen-bond acceptors (Lipinski definition) is 4. The van der Waals surface area contributed by atoms with Crippen LogP contribution in [0, 0.1) is 0 Å². The van der Waals surface area contributed by atoms with Gasteiger partial charge in [0.1, 0.15) is 0 Å². The number of thiophene rings is 1. The smallest absolute Gasteiger partial charge is 0.356 e. The summed E-state index contributed by atoms with van der Waals surface area (Å²) < 4.78 is 1.55. The monoisotopic (exact) mass is 367 g/mol. The Kier molecular flexibility index (Phi) is 3.24. The predicted molar refractivity (Wildman–Crippen MR) is 67.8 cm³/mol. The third-order valence-corrected chi connectivity index (χ3v) is 4.91. The average Bonchev–Trinajstić information content (AvgIpc) is 2.71. The molecule has 0 bridgehead atoms. The third-order valence-electron chi connectivity index (χ3n) is 1.60. The molecule has 2 aromatic heterocycles. The van der Waals surface area contributed by atoms with E-state index in [0.717, 1.165) is 8.66 Å². The van der Waals surface area contributed by atoms with Crippen LogP contribution >= 0.6 is 54.5 Å². The molecule has 0 aromatic carbocycles. The summed E-state index contributed by atoms with van der Waals surface area (Å²) in [5.41, 5.74) is 0.0984. The van der Waals surface area contributed by atoms with Crippen molar-refractivity contribution in [3.8, 4) is 9.75 Å². The van der Waals surface area contributed by atoms with E-state index in [2.05, 4.69) is 36.8 Å². The lowest BCUT2D eigenvalue weighted by Crippen LogP contribution is -1.97. The molecule has 0 saturated carbocycles. The quantitative estimate of drug-likeness (QED) is 0.868. The SMILES string of the molecule is O=C(O)c1nc(Br)sc1-c1ccc(Br)s1. The van der Waals surface area contributed by atoms with E-state index in [1.165, 1.54) is 22.7 Å². The number of carboxylic acid groups (broad SMARTS) is 1. The largest absolute Gasteiger partial charge is 0.476 e. The van der Waals surface area contributed by atoms with Crippen LogP contribution in [-0.4, -0.2) is 16.1 Å². The highest BCUT2D eigenvalue weighted by Crippen LogP contribution is 2.38. The van der Waals surface area contributed by atoms with Gasteiger partial charge in [0.25, 0.3) is 0 Å². The average molecular weight is 369 g/mol. The van der Waals surface area contributed by atoms with Crippen molar-refractivity contribution in [3.63, 3.8) is 0 Å². The molecule has 0 atom stereocenters. The van der Waals surface area contributed by atoms with Crippen LogP contribution in [0.25, 0.3) is 9.75 Å². The maximum atomic E-state index is 10.9. The fraction of sp³-hybridized carbons (Fsp3) is 0. The van der Waals surface area contributed by atoms with Crippen molar-refractivity contribution in [3.05, 3.63) is 25.5 Å². The zero-order valence-electron chi connectivity index (χ0n) is 7.03. The van der Waals surface area contributed by atoms with Crippen LogP contribution in [0.3, 0.4) is 0 Å². The fourth-order valence-electron chi connectivity index (χ4n) is 1.04. The van der Waals surface area contributed by atoms with Gasteiger partial charge >= 0.3 is 5.97 Å². The molecule has 0 amide bonds. The van der Waals surface area contributed by atoms with Crippen molar-refractivity contribution in [1.82, 2.24) is 4.98 Å². The molecule has 0 fully saturated rings. The second-order valence-electron chi connectivity index (χ2n) is 2.55. The molecular weight excluding hydrogens is 366 g/mol. The highest BCUT2D eigenvalue weighted by molar-refractivity contribution is 9.11. The van der Waals surface area contributed by atoms with Crippen LogP contribution in [0.4, 0.5) is 0 Å². The number of carboxylic acids is 1. The van der Waals surface area contributed by atoms with Gasteiger partial charge in [-0.05, 0) is 44.0 Å². The Morgan fingerprint density at radius 2 is 2.07 bits per heavy atom. The first-order chi connectivity index (χ1) is 7.08. The highest BCUT2D eigenvalue weighted by atomic mass is 79.9. The first kappa shape index (κ1) is 11.3. The Morgan fingerprint density at radius 3 is 2.60 bits per heavy atom. The maximum Gasteiger partial charge on any atom is 0.356 e. The van der Waals surface area contributed by atoms with Gasteiger partial charge in [0.05, 0.1) is 8.66 Å². The van der Waals surface area contributed by atoms with Gasteiger partial charge in [0, 0.05) is 4.88 Å². The first-order valence-electron chi connectivity index (χ1n) is 3.73. The highest BCUT2D eigenvalue weighted by Gasteiger charge is 2.18. The molecule has 78 valence electrons. The summed E-state index contributed by atoms with van der Waals surface area (Å²) in [5.74, 6) is -1.00. The van der Waals surface area contributed by atoms with Crippen molar-refractivity contribution in [2.45, 2.75) is 0 Å². The van der Waals surface area contributed by atoms with Crippen LogP contribution in [0.1, 0.15) is 10.5 Å². The molecule has 0 aliphatic heterocycles. The molecule has 0 spiro atoms. The lowest BCUT2D eigenvalue weighted by atomic mass is 10.3. The van der Waals surface area contributed by atoms with Crippen LogP contribution in [0.5, 0.6) is 0 Å². The Labute approximate surface area is 110 Å². The number of aromatic carboxylic acids is 1. The van der Waals surface area contributed by atoms with Crippen LogP contribution in [0.15, 0.2) is 19.8 Å². The summed E-state index contributed by atoms with van der Waals surface area (Å²) in [4.78, 5) is 16.4. The van der Waals surface area contributed by atoms with Gasteiger partial charge in [-0.1, -0.05) is 0 Å². The third kappa shape index (κ3) is 2.30. The van der Waals surface area contributed by atoms with E-state index in [9.17, 15) is 4.79 Å². The van der Waals surface area contributed by atoms with Gasteiger partial charge in [-0.25, -0.2) is 9.78 Å². The molecule has 0 saturated heterocycles. The first-order valence-corrected chi connectivity index (χ1v) is 6.95. The van der Waals surface area contributed by atoms with E-state index in [-0.39, 0.29) is 5.69 Å². The van der Waals surface area contributed by atoms with E-state index >= 15 is 0 Å². The lowest BCUT2D eigenvalue weighted by molar-refractivity contribution is 0.0692. The predicted octanol–water partition coefficient (Wildman–Crippen LogP) is 4.09. The molecular formula is C8H3Br2NO2S2. The number of thiazole rings is 1. The van der Waals surface area contributed by atoms with Crippen LogP contribution in [0.2, 0.25) is 0 Å². The topological polar surface area (TPSA) is 50.2 Å². The van der Waals surface area contributed by atoms with Gasteiger partial charge in [0.2, 0.25) is 0 Å². The van der Waals surface area contributed by atoms with E-state index in [1.54, 1.807) is 0 Å². The van der Waals surface area contributed by atoms with Crippen molar-refractivity contribution < 1.29 is 9.90 Å². The number of rotatable bonds is 2. The van der Waals surface area contributed by atoms with Gasteiger partial charge in [-0.15, -0.1) is 22.7 Å². The molecule has 2 heterocycles. The molecule has 0 aliphatic rings. The Morgan fingerprint density at radius 1 is 1.33 bits per heavy atom. The number of carbonyl (C=O) groups is 1. The molecule has 1 N–H and O–H groups in total. The van der Waals surface area contributed by atoms with Crippen molar-refractivity contribution in [2.24, 2.45) is 0 Å². The molecule has 3 nitrogen and oxygen atoms in total. The van der Waals surface area contributed by atoms with E-state index in [0.29, 0.717) is 8.79 Å². The van der Waals surface area contributed by atoms with Crippen LogP contribution < -0.4 is 0 Å². The Balaban J connectivity index is 2.56. The minimum atomic E-state index is -1.00. The normalized spacial score (nSPS) is 10.5. The van der Waals surface area contributed by atoms with Crippen molar-refractivity contribution in [2.75, 3.05) is 0 Å². The minimum absolute atomic E-state index is 0.0984. The summed E-state index contributed by atoms with van der Waals surface area (Å²) in [6.07, 6.45) is 0. The van der Waals surface area contributed by atoms with Gasteiger partial charge in [0.15, 0.2) is 9.61 Å². The molecule has 15 heavy (non-hydrogen) atoms. The lowest BCUT2D eigenvalue weighted by Gasteiger charge is -1.92. The second kappa shape index (κ2) is 4.32. The summed E-state index contributed by atoms with van der Waals surface area (Å²) in [7, 11) is 0. The zero-order chi connectivity index (χ0) is 11.0. The molecule has 0 unspecified atom stereocenters. The van der Waals surface area contributed by atoms with Gasteiger partial charge < -0.3 is 5.11 Å². The van der Waals surface area contributed by atoms with Gasteiger partial charge in [-0.3, -0.25) is 0 Å². The van der Waals surface area contributed by atoms with Gasteiger partial charge in [-0.2, -0.15) is 0 Å². The molecule has 0 aliphatic carbocycles. The fourth-order valence-corrected chi connectivity index (χ4v) is 3.99. The van der Waals surface area contributed by atoms with Crippen LogP contribution in [-0.2, 0) is 0 Å². The van der Waals surface area contributed by atoms with E-state index in [1.807, 2.05) is 12.1 Å². The summed E-state index contributed by atoms with van der Waals surface area (Å²) in [5, 5.41) is 8.96. The molecule has 0 radical (unpaired) electrons. The Bertz CT molecular complexity index is 520. The van der Waals surface area contributed by atoms with Crippen molar-refractivity contribution in [1.29, 1.82) is 0 Å².